The van der Waals surface area contributed by atoms with Crippen molar-refractivity contribution < 1.29 is 8.42 Å². The first-order chi connectivity index (χ1) is 9.79. The lowest BCUT2D eigenvalue weighted by molar-refractivity contribution is 0.402. The van der Waals surface area contributed by atoms with Crippen molar-refractivity contribution in [2.75, 3.05) is 14.1 Å². The zero-order valence-corrected chi connectivity index (χ0v) is 14.0. The fourth-order valence-corrected chi connectivity index (χ4v) is 2.42. The Bertz CT molecular complexity index is 638. The minimum atomic E-state index is -3.55. The first-order valence-electron chi connectivity index (χ1n) is 6.49. The minimum Gasteiger partial charge on any atom is -0.305 e. The van der Waals surface area contributed by atoms with Crippen LogP contribution in [0.4, 0.5) is 0 Å². The molecule has 0 aliphatic carbocycles. The van der Waals surface area contributed by atoms with Crippen molar-refractivity contribution in [1.82, 2.24) is 4.90 Å². The van der Waals surface area contributed by atoms with Crippen LogP contribution in [0.2, 0.25) is 0 Å². The van der Waals surface area contributed by atoms with Crippen molar-refractivity contribution in [3.8, 4) is 0 Å². The lowest BCUT2D eigenvalue weighted by Crippen LogP contribution is -2.10. The second-order valence-electron chi connectivity index (χ2n) is 4.97. The van der Waals surface area contributed by atoms with Gasteiger partial charge in [0.05, 0.1) is 4.90 Å². The predicted octanol–water partition coefficient (Wildman–Crippen LogP) is 3.67. The summed E-state index contributed by atoms with van der Waals surface area (Å²) in [5.74, 6) is 0. The molecule has 0 saturated heterocycles. The molecule has 5 heteroatoms. The van der Waals surface area contributed by atoms with E-state index < -0.39 is 9.05 Å². The average molecular weight is 326 g/mol. The van der Waals surface area contributed by atoms with Gasteiger partial charge in [-0.15, -0.1) is 0 Å². The van der Waals surface area contributed by atoms with Gasteiger partial charge in [-0.1, -0.05) is 48.0 Å². The van der Waals surface area contributed by atoms with Gasteiger partial charge in [0.15, 0.2) is 0 Å². The second kappa shape index (κ2) is 8.17. The molecule has 0 N–H and O–H groups in total. The van der Waals surface area contributed by atoms with Gasteiger partial charge in [0, 0.05) is 17.2 Å². The zero-order chi connectivity index (χ0) is 15.9. The van der Waals surface area contributed by atoms with E-state index >= 15 is 0 Å². The molecule has 21 heavy (non-hydrogen) atoms. The number of benzene rings is 2. The molecule has 0 bridgehead atoms. The van der Waals surface area contributed by atoms with Gasteiger partial charge >= 0.3 is 0 Å². The average Bonchev–Trinajstić information content (AvgIpc) is 2.39. The van der Waals surface area contributed by atoms with Gasteiger partial charge in [0.2, 0.25) is 0 Å². The van der Waals surface area contributed by atoms with Crippen LogP contribution in [0.5, 0.6) is 0 Å². The van der Waals surface area contributed by atoms with Crippen LogP contribution in [-0.2, 0) is 15.6 Å². The first kappa shape index (κ1) is 17.7. The fraction of sp³-hybridized carbons (Fsp3) is 0.250. The Kier molecular flexibility index (Phi) is 6.89. The van der Waals surface area contributed by atoms with Crippen LogP contribution in [-0.4, -0.2) is 27.4 Å². The first-order valence-corrected chi connectivity index (χ1v) is 8.80. The van der Waals surface area contributed by atoms with E-state index in [1.165, 1.54) is 17.7 Å². The van der Waals surface area contributed by atoms with Gasteiger partial charge in [-0.25, -0.2) is 8.42 Å². The molecule has 0 aliphatic heterocycles. The third kappa shape index (κ3) is 7.27. The van der Waals surface area contributed by atoms with Crippen molar-refractivity contribution >= 4 is 19.7 Å². The maximum absolute atomic E-state index is 10.7. The third-order valence-corrected chi connectivity index (χ3v) is 4.01. The Hall–Kier alpha value is -1.36. The fourth-order valence-electron chi connectivity index (χ4n) is 1.65. The molecule has 0 unspecified atom stereocenters. The van der Waals surface area contributed by atoms with Gasteiger partial charge in [0.1, 0.15) is 0 Å². The molecule has 0 aromatic heterocycles. The monoisotopic (exact) mass is 325 g/mol. The summed E-state index contributed by atoms with van der Waals surface area (Å²) in [5, 5.41) is 0. The molecule has 0 saturated carbocycles. The highest BCUT2D eigenvalue weighted by atomic mass is 35.7. The van der Waals surface area contributed by atoms with Crippen LogP contribution >= 0.6 is 10.7 Å². The maximum Gasteiger partial charge on any atom is 0.261 e. The van der Waals surface area contributed by atoms with Crippen molar-refractivity contribution in [2.24, 2.45) is 0 Å². The van der Waals surface area contributed by atoms with Crippen molar-refractivity contribution in [3.63, 3.8) is 0 Å². The standard InChI is InChI=1S/C9H13N.C7H7ClO2S/c1-10(2)8-9-6-4-3-5-7-9;1-6-2-4-7(5-3-6)11(8,9)10/h3-7H,8H2,1-2H3;2-5H,1H3. The zero-order valence-electron chi connectivity index (χ0n) is 12.5. The van der Waals surface area contributed by atoms with Crippen LogP contribution in [0.25, 0.3) is 0 Å². The highest BCUT2D eigenvalue weighted by Gasteiger charge is 2.07. The summed E-state index contributed by atoms with van der Waals surface area (Å²) in [5.41, 5.74) is 2.38. The van der Waals surface area contributed by atoms with Gasteiger partial charge < -0.3 is 4.90 Å². The summed E-state index contributed by atoms with van der Waals surface area (Å²) in [6.07, 6.45) is 0. The smallest absolute Gasteiger partial charge is 0.261 e. The van der Waals surface area contributed by atoms with E-state index in [9.17, 15) is 8.42 Å². The molecule has 0 aliphatic rings. The Morgan fingerprint density at radius 2 is 1.48 bits per heavy atom. The van der Waals surface area contributed by atoms with E-state index in [-0.39, 0.29) is 4.90 Å². The summed E-state index contributed by atoms with van der Waals surface area (Å²) < 4.78 is 21.4. The van der Waals surface area contributed by atoms with Crippen LogP contribution in [0, 0.1) is 6.92 Å². The van der Waals surface area contributed by atoms with E-state index in [1.807, 2.05) is 13.0 Å². The summed E-state index contributed by atoms with van der Waals surface area (Å²) in [6, 6.07) is 16.8. The lowest BCUT2D eigenvalue weighted by atomic mass is 10.2. The van der Waals surface area contributed by atoms with Crippen LogP contribution in [0.15, 0.2) is 59.5 Å². The Labute approximate surface area is 131 Å². The second-order valence-corrected chi connectivity index (χ2v) is 7.54. The van der Waals surface area contributed by atoms with Crippen molar-refractivity contribution in [2.45, 2.75) is 18.4 Å². The minimum absolute atomic E-state index is 0.143. The van der Waals surface area contributed by atoms with Gasteiger partial charge in [-0.05, 0) is 38.7 Å². The summed E-state index contributed by atoms with van der Waals surface area (Å²) in [6.45, 7) is 2.91. The normalized spacial score (nSPS) is 10.9. The molecule has 0 heterocycles. The van der Waals surface area contributed by atoms with Crippen molar-refractivity contribution in [3.05, 3.63) is 65.7 Å². The van der Waals surface area contributed by atoms with E-state index in [2.05, 4.69) is 43.3 Å². The largest absolute Gasteiger partial charge is 0.305 e. The SMILES string of the molecule is CN(C)Cc1ccccc1.Cc1ccc(S(=O)(=O)Cl)cc1. The number of hydrogen-bond acceptors (Lipinski definition) is 3. The number of rotatable bonds is 3. The van der Waals surface area contributed by atoms with Crippen LogP contribution < -0.4 is 0 Å². The summed E-state index contributed by atoms with van der Waals surface area (Å²) in [4.78, 5) is 2.31. The van der Waals surface area contributed by atoms with E-state index in [0.29, 0.717) is 0 Å². The number of aryl methyl sites for hydroxylation is 1. The van der Waals surface area contributed by atoms with Crippen LogP contribution in [0.1, 0.15) is 11.1 Å². The number of nitrogens with zero attached hydrogens (tertiary/aromatic N) is 1. The molecule has 114 valence electrons. The van der Waals surface area contributed by atoms with E-state index in [4.69, 9.17) is 10.7 Å². The Balaban J connectivity index is 0.000000211. The predicted molar refractivity (Wildman–Crippen MR) is 88.1 cm³/mol. The molecule has 0 amide bonds. The highest BCUT2D eigenvalue weighted by molar-refractivity contribution is 8.13. The maximum atomic E-state index is 10.7. The topological polar surface area (TPSA) is 37.4 Å². The molecule has 0 spiro atoms. The van der Waals surface area contributed by atoms with E-state index in [1.54, 1.807) is 12.1 Å². The number of halogens is 1. The van der Waals surface area contributed by atoms with Gasteiger partial charge in [0.25, 0.3) is 9.05 Å². The third-order valence-electron chi connectivity index (χ3n) is 2.64. The highest BCUT2D eigenvalue weighted by Crippen LogP contribution is 2.14. The molecular formula is C16H20ClNO2S. The van der Waals surface area contributed by atoms with Crippen molar-refractivity contribution in [1.29, 1.82) is 0 Å². The van der Waals surface area contributed by atoms with Crippen LogP contribution in [0.3, 0.4) is 0 Å². The van der Waals surface area contributed by atoms with Gasteiger partial charge in [-0.2, -0.15) is 0 Å². The molecule has 0 atom stereocenters. The number of hydrogen-bond donors (Lipinski definition) is 0. The van der Waals surface area contributed by atoms with Gasteiger partial charge in [-0.3, -0.25) is 0 Å². The quantitative estimate of drug-likeness (QED) is 0.808. The molecule has 2 aromatic carbocycles. The molecule has 3 nitrogen and oxygen atoms in total. The summed E-state index contributed by atoms with van der Waals surface area (Å²) in [7, 11) is 5.69. The molecular weight excluding hydrogens is 306 g/mol. The lowest BCUT2D eigenvalue weighted by Gasteiger charge is -2.08. The Morgan fingerprint density at radius 1 is 0.952 bits per heavy atom. The van der Waals surface area contributed by atoms with E-state index in [0.717, 1.165) is 12.1 Å². The summed E-state index contributed by atoms with van der Waals surface area (Å²) >= 11 is 0. The molecule has 2 rings (SSSR count). The molecule has 0 radical (unpaired) electrons. The molecule has 2 aromatic rings. The molecule has 0 fully saturated rings. The Morgan fingerprint density at radius 3 is 1.90 bits per heavy atom.